The molecule has 0 heterocycles. The Kier molecular flexibility index (Phi) is 6.05. The molecule has 1 rings (SSSR count). The maximum Gasteiger partial charge on any atom is 0.0571 e. The maximum atomic E-state index is 3.51. The lowest BCUT2D eigenvalue weighted by molar-refractivity contribution is 0.412. The van der Waals surface area contributed by atoms with E-state index in [-0.39, 0.29) is 0 Å². The average Bonchev–Trinajstić information content (AvgIpc) is 2.31. The monoisotopic (exact) mass is 206 g/mol. The van der Waals surface area contributed by atoms with Crippen LogP contribution in [0, 0.1) is 0 Å². The number of benzene rings is 1. The molecule has 1 aromatic carbocycles. The molecule has 1 aromatic rings. The molecule has 2 nitrogen and oxygen atoms in total. The summed E-state index contributed by atoms with van der Waals surface area (Å²) in [5.41, 5.74) is 1.34. The van der Waals surface area contributed by atoms with Crippen molar-refractivity contribution in [3.05, 3.63) is 35.9 Å². The summed E-state index contributed by atoms with van der Waals surface area (Å²) in [5.74, 6) is 0. The van der Waals surface area contributed by atoms with Gasteiger partial charge >= 0.3 is 0 Å². The second-order valence-corrected chi connectivity index (χ2v) is 3.78. The van der Waals surface area contributed by atoms with Crippen molar-refractivity contribution >= 4 is 0 Å². The third-order valence-corrected chi connectivity index (χ3v) is 2.44. The largest absolute Gasteiger partial charge is 0.302 e. The van der Waals surface area contributed by atoms with E-state index >= 15 is 0 Å². The zero-order valence-electron chi connectivity index (χ0n) is 9.79. The molecule has 0 aromatic heterocycles. The highest BCUT2D eigenvalue weighted by molar-refractivity contribution is 5.14. The second kappa shape index (κ2) is 7.43. The van der Waals surface area contributed by atoms with E-state index in [2.05, 4.69) is 54.8 Å². The molecule has 2 heteroatoms. The first-order valence-electron chi connectivity index (χ1n) is 5.87. The van der Waals surface area contributed by atoms with E-state index in [0.717, 1.165) is 19.5 Å². The Hall–Kier alpha value is -0.860. The van der Waals surface area contributed by atoms with E-state index in [9.17, 15) is 0 Å². The number of nitrogens with one attached hydrogen (secondary N) is 2. The molecule has 84 valence electrons. The van der Waals surface area contributed by atoms with Gasteiger partial charge in [0.2, 0.25) is 0 Å². The Morgan fingerprint density at radius 1 is 1.07 bits per heavy atom. The number of rotatable bonds is 7. The summed E-state index contributed by atoms with van der Waals surface area (Å²) in [6.45, 7) is 6.42. The SMILES string of the molecule is CCCNC(CC)NCc1ccccc1. The molecule has 0 spiro atoms. The Balaban J connectivity index is 2.28. The summed E-state index contributed by atoms with van der Waals surface area (Å²) in [4.78, 5) is 0. The van der Waals surface area contributed by atoms with Crippen LogP contribution in [0.3, 0.4) is 0 Å². The first kappa shape index (κ1) is 12.2. The van der Waals surface area contributed by atoms with Gasteiger partial charge in [-0.25, -0.2) is 0 Å². The van der Waals surface area contributed by atoms with Crippen molar-refractivity contribution in [2.24, 2.45) is 0 Å². The van der Waals surface area contributed by atoms with Crippen molar-refractivity contribution < 1.29 is 0 Å². The van der Waals surface area contributed by atoms with Crippen LogP contribution in [-0.2, 0) is 6.54 Å². The summed E-state index contributed by atoms with van der Waals surface area (Å²) >= 11 is 0. The molecule has 0 amide bonds. The van der Waals surface area contributed by atoms with Crippen LogP contribution in [-0.4, -0.2) is 12.7 Å². The minimum atomic E-state index is 0.435. The first-order valence-corrected chi connectivity index (χ1v) is 5.87. The molecule has 0 bridgehead atoms. The van der Waals surface area contributed by atoms with Gasteiger partial charge in [0.15, 0.2) is 0 Å². The van der Waals surface area contributed by atoms with Gasteiger partial charge in [-0.15, -0.1) is 0 Å². The lowest BCUT2D eigenvalue weighted by Crippen LogP contribution is -2.41. The fourth-order valence-electron chi connectivity index (χ4n) is 1.52. The highest BCUT2D eigenvalue weighted by atomic mass is 15.1. The molecule has 2 N–H and O–H groups in total. The van der Waals surface area contributed by atoms with Gasteiger partial charge < -0.3 is 5.32 Å². The average molecular weight is 206 g/mol. The van der Waals surface area contributed by atoms with Gasteiger partial charge in [0.25, 0.3) is 0 Å². The third kappa shape index (κ3) is 4.96. The number of hydrogen-bond donors (Lipinski definition) is 2. The summed E-state index contributed by atoms with van der Waals surface area (Å²) < 4.78 is 0. The zero-order valence-corrected chi connectivity index (χ0v) is 9.79. The van der Waals surface area contributed by atoms with Gasteiger partial charge in [-0.3, -0.25) is 5.32 Å². The van der Waals surface area contributed by atoms with Crippen LogP contribution < -0.4 is 10.6 Å². The Bertz CT molecular complexity index is 246. The van der Waals surface area contributed by atoms with Crippen LogP contribution in [0.25, 0.3) is 0 Å². The fourth-order valence-corrected chi connectivity index (χ4v) is 1.52. The van der Waals surface area contributed by atoms with Crippen molar-refractivity contribution in [3.63, 3.8) is 0 Å². The predicted molar refractivity (Wildman–Crippen MR) is 65.7 cm³/mol. The summed E-state index contributed by atoms with van der Waals surface area (Å²) in [6, 6.07) is 10.5. The topological polar surface area (TPSA) is 24.1 Å². The van der Waals surface area contributed by atoms with Gasteiger partial charge in [0.1, 0.15) is 0 Å². The highest BCUT2D eigenvalue weighted by Gasteiger charge is 2.02. The fraction of sp³-hybridized carbons (Fsp3) is 0.538. The molecule has 0 saturated carbocycles. The number of hydrogen-bond acceptors (Lipinski definition) is 2. The Morgan fingerprint density at radius 3 is 2.40 bits per heavy atom. The Labute approximate surface area is 93.1 Å². The summed E-state index contributed by atoms with van der Waals surface area (Å²) in [6.07, 6.45) is 2.74. The van der Waals surface area contributed by atoms with Crippen molar-refractivity contribution in [2.75, 3.05) is 6.54 Å². The van der Waals surface area contributed by atoms with Crippen molar-refractivity contribution in [2.45, 2.75) is 39.4 Å². The molecule has 0 radical (unpaired) electrons. The van der Waals surface area contributed by atoms with Crippen molar-refractivity contribution in [1.29, 1.82) is 0 Å². The molecule has 0 fully saturated rings. The smallest absolute Gasteiger partial charge is 0.0571 e. The second-order valence-electron chi connectivity index (χ2n) is 3.78. The van der Waals surface area contributed by atoms with Gasteiger partial charge in [-0.05, 0) is 24.9 Å². The van der Waals surface area contributed by atoms with Gasteiger partial charge in [0, 0.05) is 6.54 Å². The summed E-state index contributed by atoms with van der Waals surface area (Å²) in [5, 5.41) is 6.99. The van der Waals surface area contributed by atoms with E-state index in [1.54, 1.807) is 0 Å². The van der Waals surface area contributed by atoms with Crippen LogP contribution in [0.5, 0.6) is 0 Å². The molecular weight excluding hydrogens is 184 g/mol. The van der Waals surface area contributed by atoms with Crippen LogP contribution in [0.2, 0.25) is 0 Å². The molecule has 0 aliphatic heterocycles. The van der Waals surface area contributed by atoms with Gasteiger partial charge in [-0.1, -0.05) is 44.2 Å². The molecule has 0 aliphatic carbocycles. The van der Waals surface area contributed by atoms with Gasteiger partial charge in [-0.2, -0.15) is 0 Å². The molecule has 1 atom stereocenters. The molecule has 15 heavy (non-hydrogen) atoms. The molecule has 1 unspecified atom stereocenters. The summed E-state index contributed by atoms with van der Waals surface area (Å²) in [7, 11) is 0. The van der Waals surface area contributed by atoms with E-state index in [1.165, 1.54) is 12.0 Å². The zero-order chi connectivity index (χ0) is 10.9. The highest BCUT2D eigenvalue weighted by Crippen LogP contribution is 1.98. The van der Waals surface area contributed by atoms with E-state index < -0.39 is 0 Å². The van der Waals surface area contributed by atoms with Crippen molar-refractivity contribution in [1.82, 2.24) is 10.6 Å². The quantitative estimate of drug-likeness (QED) is 0.670. The van der Waals surface area contributed by atoms with Crippen molar-refractivity contribution in [3.8, 4) is 0 Å². The maximum absolute atomic E-state index is 3.51. The first-order chi connectivity index (χ1) is 7.36. The molecule has 0 saturated heterocycles. The van der Waals surface area contributed by atoms with Gasteiger partial charge in [0.05, 0.1) is 6.17 Å². The Morgan fingerprint density at radius 2 is 1.80 bits per heavy atom. The lowest BCUT2D eigenvalue weighted by atomic mass is 10.2. The lowest BCUT2D eigenvalue weighted by Gasteiger charge is -2.18. The molecule has 0 aliphatic rings. The van der Waals surface area contributed by atoms with Crippen LogP contribution >= 0.6 is 0 Å². The van der Waals surface area contributed by atoms with Crippen LogP contribution in [0.1, 0.15) is 32.3 Å². The predicted octanol–water partition coefficient (Wildman–Crippen LogP) is 2.51. The van der Waals surface area contributed by atoms with E-state index in [4.69, 9.17) is 0 Å². The third-order valence-electron chi connectivity index (χ3n) is 2.44. The van der Waals surface area contributed by atoms with E-state index in [0.29, 0.717) is 6.17 Å². The van der Waals surface area contributed by atoms with E-state index in [1.807, 2.05) is 0 Å². The molecular formula is C13H22N2. The minimum absolute atomic E-state index is 0.435. The van der Waals surface area contributed by atoms with Crippen LogP contribution in [0.15, 0.2) is 30.3 Å². The standard InChI is InChI=1S/C13H22N2/c1-3-10-14-13(4-2)15-11-12-8-6-5-7-9-12/h5-9,13-15H,3-4,10-11H2,1-2H3. The normalized spacial score (nSPS) is 12.7. The minimum Gasteiger partial charge on any atom is -0.302 e. The van der Waals surface area contributed by atoms with Crippen LogP contribution in [0.4, 0.5) is 0 Å².